The molecule has 0 aromatic rings. The zero-order valence-electron chi connectivity index (χ0n) is 22.2. The Hall–Kier alpha value is 1.58. The van der Waals surface area contributed by atoms with E-state index in [1.54, 1.807) is 8.87 Å². The topological polar surface area (TPSA) is 0 Å². The van der Waals surface area contributed by atoms with E-state index in [1.165, 1.54) is 128 Å². The Morgan fingerprint density at radius 1 is 0.576 bits per heavy atom. The maximum Gasteiger partial charge on any atom is 2.00 e. The minimum absolute atomic E-state index is 0. The van der Waals surface area contributed by atoms with Crippen LogP contribution in [0.3, 0.4) is 0 Å². The molecule has 2 atom stereocenters. The number of unbranched alkanes of at least 4 members (excludes halogenated alkanes) is 2. The fourth-order valence-corrected chi connectivity index (χ4v) is 8.90. The van der Waals surface area contributed by atoms with Gasteiger partial charge in [0.25, 0.3) is 0 Å². The maximum absolute atomic E-state index is 2.46. The molecule has 0 nitrogen and oxygen atoms in total. The van der Waals surface area contributed by atoms with Gasteiger partial charge in [-0.3, -0.25) is 0 Å². The van der Waals surface area contributed by atoms with Gasteiger partial charge in [-0.05, 0) is 0 Å². The molecule has 4 rings (SSSR count). The summed E-state index contributed by atoms with van der Waals surface area (Å²) in [6, 6.07) is 0. The number of hydrogen-bond acceptors (Lipinski definition) is 0. The van der Waals surface area contributed by atoms with E-state index in [0.29, 0.717) is 0 Å². The van der Waals surface area contributed by atoms with E-state index in [0.717, 1.165) is 11.8 Å². The monoisotopic (exact) mass is 648 g/mol. The van der Waals surface area contributed by atoms with Gasteiger partial charge in [0.05, 0.1) is 0 Å². The van der Waals surface area contributed by atoms with Crippen LogP contribution in [0.25, 0.3) is 0 Å². The molecule has 0 saturated heterocycles. The molecule has 4 fully saturated rings. The van der Waals surface area contributed by atoms with Crippen molar-refractivity contribution in [2.24, 2.45) is 11.8 Å². The van der Waals surface area contributed by atoms with Crippen LogP contribution in [0.5, 0.6) is 0 Å². The maximum atomic E-state index is 2.46. The molecule has 0 aromatic carbocycles. The van der Waals surface area contributed by atoms with E-state index in [2.05, 4.69) is 38.8 Å². The first-order valence-corrected chi connectivity index (χ1v) is 18.5. The van der Waals surface area contributed by atoms with Gasteiger partial charge in [0.15, 0.2) is 0 Å². The van der Waals surface area contributed by atoms with Crippen molar-refractivity contribution in [2.45, 2.75) is 151 Å². The van der Waals surface area contributed by atoms with E-state index in [4.69, 9.17) is 0 Å². The summed E-state index contributed by atoms with van der Waals surface area (Å²) in [5.74, 6) is 1.61. The molecule has 0 N–H and O–H groups in total. The van der Waals surface area contributed by atoms with Crippen LogP contribution in [0.15, 0.2) is 12.2 Å². The summed E-state index contributed by atoms with van der Waals surface area (Å²) < 4.78 is 3.25. The summed E-state index contributed by atoms with van der Waals surface area (Å²) in [5.41, 5.74) is 0. The third kappa shape index (κ3) is 25.0. The zero-order valence-corrected chi connectivity index (χ0v) is 27.3. The van der Waals surface area contributed by atoms with Crippen LogP contribution in [-0.4, -0.2) is 21.1 Å². The van der Waals surface area contributed by atoms with Crippen LogP contribution in [0.1, 0.15) is 142 Å². The molecule has 0 aromatic heterocycles. The van der Waals surface area contributed by atoms with Gasteiger partial charge in [0, 0.05) is 0 Å². The Labute approximate surface area is 241 Å². The van der Waals surface area contributed by atoms with Crippen molar-refractivity contribution in [2.75, 3.05) is 0 Å². The van der Waals surface area contributed by atoms with E-state index >= 15 is 0 Å². The predicted molar refractivity (Wildman–Crippen MR) is 144 cm³/mol. The molecule has 192 valence electrons. The van der Waals surface area contributed by atoms with Crippen molar-refractivity contribution in [1.82, 2.24) is 0 Å². The Morgan fingerprint density at radius 2 is 0.909 bits per heavy atom. The van der Waals surface area contributed by atoms with Crippen molar-refractivity contribution < 1.29 is 34.1 Å². The van der Waals surface area contributed by atoms with Crippen molar-refractivity contribution in [1.29, 1.82) is 0 Å². The molecule has 0 spiro atoms. The van der Waals surface area contributed by atoms with E-state index in [1.807, 2.05) is 0 Å². The molecular weight excluding hydrogens is 591 g/mol. The van der Waals surface area contributed by atoms with Gasteiger partial charge < -0.3 is 12.8 Å². The van der Waals surface area contributed by atoms with Crippen LogP contribution in [0.2, 0.25) is 8.87 Å². The van der Waals surface area contributed by atoms with Crippen LogP contribution < -0.4 is 0 Å². The standard InChI is InChI=1S/C12H18.2C5H10.2C4H9.2Fe.Sn/c1-2-6-11(5-1)9-10-12-7-3-4-8-12;2*1-2-4-5-3-1;2*1-3-4-2;;;/h5,7,9-12H,1-4,6,8H2;2*1-5H2;2*1,3-4H2,2H3;;;/q-2;;;;;3*+2/b10-9-;;;;;;;. The summed E-state index contributed by atoms with van der Waals surface area (Å²) >= 11 is 0.149. The van der Waals surface area contributed by atoms with E-state index in [9.17, 15) is 0 Å². The number of allylic oxidation sites excluding steroid dienone is 2. The second-order valence-electron chi connectivity index (χ2n) is 10.0. The van der Waals surface area contributed by atoms with Crippen LogP contribution in [-0.2, 0) is 34.1 Å². The fraction of sp³-hybridized carbons (Fsp3) is 0.867. The average Bonchev–Trinajstić information content (AvgIpc) is 3.64. The number of hydrogen-bond donors (Lipinski definition) is 0. The van der Waals surface area contributed by atoms with Gasteiger partial charge in [-0.15, -0.1) is 24.0 Å². The van der Waals surface area contributed by atoms with Gasteiger partial charge in [-0.1, -0.05) is 89.9 Å². The molecule has 0 radical (unpaired) electrons. The normalized spacial score (nSPS) is 23.1. The molecule has 33 heavy (non-hydrogen) atoms. The Balaban J connectivity index is 0. The van der Waals surface area contributed by atoms with Gasteiger partial charge in [-0.25, -0.2) is 0 Å². The largest absolute Gasteiger partial charge is 2.00 e. The van der Waals surface area contributed by atoms with Gasteiger partial charge >= 0.3 is 104 Å². The van der Waals surface area contributed by atoms with Crippen LogP contribution >= 0.6 is 0 Å². The summed E-state index contributed by atoms with van der Waals surface area (Å²) in [4.78, 5) is 0. The Bertz CT molecular complexity index is 316. The third-order valence-corrected chi connectivity index (χ3v) is 11.0. The van der Waals surface area contributed by atoms with Crippen molar-refractivity contribution in [3.05, 3.63) is 25.0 Å². The molecule has 0 amide bonds. The molecule has 4 aliphatic carbocycles. The molecule has 4 aliphatic rings. The molecule has 0 heterocycles. The predicted octanol–water partition coefficient (Wildman–Crippen LogP) is 10.6. The van der Waals surface area contributed by atoms with Gasteiger partial charge in [-0.2, -0.15) is 12.8 Å². The van der Waals surface area contributed by atoms with Crippen molar-refractivity contribution in [3.63, 3.8) is 0 Å². The molecule has 0 aliphatic heterocycles. The van der Waals surface area contributed by atoms with Crippen LogP contribution in [0, 0.1) is 24.7 Å². The quantitative estimate of drug-likeness (QED) is 0.107. The third-order valence-electron chi connectivity index (χ3n) is 6.94. The number of rotatable bonds is 8. The summed E-state index contributed by atoms with van der Waals surface area (Å²) in [6.45, 7) is 4.58. The zero-order chi connectivity index (χ0) is 22.2. The van der Waals surface area contributed by atoms with E-state index < -0.39 is 0 Å². The first-order chi connectivity index (χ1) is 15.4. The summed E-state index contributed by atoms with van der Waals surface area (Å²) in [6.07, 6.45) is 38.9. The molecular formula is C30H56Fe2Sn+4. The smallest absolute Gasteiger partial charge is 2.00 e. The second-order valence-corrected chi connectivity index (χ2v) is 14.3. The second kappa shape index (κ2) is 29.8. The molecule has 0 bridgehead atoms. The first-order valence-electron chi connectivity index (χ1n) is 14.4. The fourth-order valence-electron chi connectivity index (χ4n) is 4.74. The van der Waals surface area contributed by atoms with Crippen molar-refractivity contribution in [3.8, 4) is 0 Å². The molecule has 4 saturated carbocycles. The van der Waals surface area contributed by atoms with Gasteiger partial charge in [0.2, 0.25) is 0 Å². The summed E-state index contributed by atoms with van der Waals surface area (Å²) in [5, 5.41) is 0. The average molecular weight is 647 g/mol. The van der Waals surface area contributed by atoms with Crippen LogP contribution in [0.4, 0.5) is 0 Å². The molecule has 3 heteroatoms. The summed E-state index contributed by atoms with van der Waals surface area (Å²) in [7, 11) is 0. The minimum Gasteiger partial charge on any atom is 2.00 e. The SMILES string of the molecule is C(=C/C1[CH-]CCC1)/C1[CH-]CCC1.C1CCCC1.C1CCCC1.CCC[CH2][Sn+2][CH2]CCC.[Fe+2].[Fe+2]. The molecule has 2 unspecified atom stereocenters. The Kier molecular flexibility index (Phi) is 33.2. The first kappa shape index (κ1) is 36.7. The van der Waals surface area contributed by atoms with E-state index in [-0.39, 0.29) is 55.3 Å². The Morgan fingerprint density at radius 3 is 1.15 bits per heavy atom. The minimum atomic E-state index is 0. The van der Waals surface area contributed by atoms with Gasteiger partial charge in [0.1, 0.15) is 0 Å². The van der Waals surface area contributed by atoms with Crippen molar-refractivity contribution >= 4 is 21.1 Å².